The molecule has 0 saturated carbocycles. The quantitative estimate of drug-likeness (QED) is 0.732. The summed E-state index contributed by atoms with van der Waals surface area (Å²) in [6.45, 7) is 4.17. The van der Waals surface area contributed by atoms with Crippen molar-refractivity contribution in [3.63, 3.8) is 0 Å². The minimum atomic E-state index is -4.22. The van der Waals surface area contributed by atoms with Gasteiger partial charge in [-0.15, -0.1) is 0 Å². The summed E-state index contributed by atoms with van der Waals surface area (Å²) in [5.74, 6) is -0.334. The summed E-state index contributed by atoms with van der Waals surface area (Å²) in [6.07, 6.45) is -3.53. The first-order chi connectivity index (χ1) is 7.66. The Bertz CT molecular complexity index is 239. The van der Waals surface area contributed by atoms with Crippen molar-refractivity contribution in [3.8, 4) is 0 Å². The second-order valence-electron chi connectivity index (χ2n) is 4.92. The average Bonchev–Trinajstić information content (AvgIpc) is 2.13. The number of halogens is 3. The molecule has 0 atom stereocenters. The van der Waals surface area contributed by atoms with E-state index < -0.39 is 12.6 Å². The normalized spacial score (nSPS) is 12.6. The Morgan fingerprint density at radius 1 is 1.18 bits per heavy atom. The fourth-order valence-corrected chi connectivity index (χ4v) is 1.40. The number of rotatable bonds is 7. The minimum absolute atomic E-state index is 0.0455. The fraction of sp³-hybridized carbons (Fsp3) is 0.909. The molecule has 3 N–H and O–H groups in total. The molecule has 0 saturated heterocycles. The van der Waals surface area contributed by atoms with Crippen LogP contribution in [0.4, 0.5) is 13.2 Å². The van der Waals surface area contributed by atoms with E-state index in [-0.39, 0.29) is 24.3 Å². The van der Waals surface area contributed by atoms with Gasteiger partial charge in [0.1, 0.15) is 0 Å². The summed E-state index contributed by atoms with van der Waals surface area (Å²) in [4.78, 5) is 11.3. The van der Waals surface area contributed by atoms with Crippen molar-refractivity contribution < 1.29 is 18.0 Å². The van der Waals surface area contributed by atoms with E-state index >= 15 is 0 Å². The summed E-state index contributed by atoms with van der Waals surface area (Å²) in [5.41, 5.74) is 5.38. The van der Waals surface area contributed by atoms with E-state index in [2.05, 4.69) is 5.32 Å². The first-order valence-corrected chi connectivity index (χ1v) is 5.70. The van der Waals surface area contributed by atoms with Crippen LogP contribution in [0.1, 0.15) is 39.5 Å². The zero-order valence-corrected chi connectivity index (χ0v) is 10.4. The van der Waals surface area contributed by atoms with Gasteiger partial charge in [0.25, 0.3) is 0 Å². The molecule has 0 fully saturated rings. The van der Waals surface area contributed by atoms with Gasteiger partial charge >= 0.3 is 6.18 Å². The van der Waals surface area contributed by atoms with Crippen molar-refractivity contribution in [2.75, 3.05) is 13.1 Å². The van der Waals surface area contributed by atoms with Crippen LogP contribution >= 0.6 is 0 Å². The zero-order valence-electron chi connectivity index (χ0n) is 10.4. The van der Waals surface area contributed by atoms with Crippen molar-refractivity contribution >= 4 is 5.91 Å². The van der Waals surface area contributed by atoms with Crippen LogP contribution in [0.3, 0.4) is 0 Å². The van der Waals surface area contributed by atoms with Crippen LogP contribution in [0.5, 0.6) is 0 Å². The molecule has 6 heteroatoms. The maximum atomic E-state index is 11.8. The molecule has 0 rings (SSSR count). The van der Waals surface area contributed by atoms with Crippen molar-refractivity contribution in [2.24, 2.45) is 11.1 Å². The van der Waals surface area contributed by atoms with Gasteiger partial charge in [-0.1, -0.05) is 13.8 Å². The largest absolute Gasteiger partial charge is 0.390 e. The highest BCUT2D eigenvalue weighted by molar-refractivity contribution is 5.75. The third-order valence-corrected chi connectivity index (χ3v) is 2.58. The van der Waals surface area contributed by atoms with Crippen LogP contribution in [0.15, 0.2) is 0 Å². The van der Waals surface area contributed by atoms with Crippen LogP contribution in [0.2, 0.25) is 0 Å². The van der Waals surface area contributed by atoms with E-state index in [4.69, 9.17) is 5.73 Å². The van der Waals surface area contributed by atoms with E-state index in [1.807, 2.05) is 13.8 Å². The molecule has 17 heavy (non-hydrogen) atoms. The van der Waals surface area contributed by atoms with Gasteiger partial charge in [0.2, 0.25) is 5.91 Å². The van der Waals surface area contributed by atoms with Gasteiger partial charge in [-0.05, 0) is 24.8 Å². The Morgan fingerprint density at radius 3 is 2.24 bits per heavy atom. The highest BCUT2D eigenvalue weighted by atomic mass is 19.4. The molecule has 0 aromatic rings. The lowest BCUT2D eigenvalue weighted by atomic mass is 9.84. The topological polar surface area (TPSA) is 55.1 Å². The number of hydrogen-bond donors (Lipinski definition) is 2. The number of nitrogens with one attached hydrogen (secondary N) is 1. The molecule has 0 heterocycles. The Labute approximate surface area is 99.9 Å². The summed E-state index contributed by atoms with van der Waals surface area (Å²) >= 11 is 0. The number of nitrogens with two attached hydrogens (primary N) is 1. The van der Waals surface area contributed by atoms with E-state index in [0.29, 0.717) is 13.0 Å². The minimum Gasteiger partial charge on any atom is -0.356 e. The lowest BCUT2D eigenvalue weighted by Gasteiger charge is -2.23. The molecule has 3 nitrogen and oxygen atoms in total. The van der Waals surface area contributed by atoms with Gasteiger partial charge in [0.05, 0.1) is 6.42 Å². The first-order valence-electron chi connectivity index (χ1n) is 5.70. The molecule has 0 aromatic heterocycles. The highest BCUT2D eigenvalue weighted by Crippen LogP contribution is 2.25. The number of hydrogen-bond acceptors (Lipinski definition) is 2. The molecular weight excluding hydrogens is 233 g/mol. The van der Waals surface area contributed by atoms with Crippen molar-refractivity contribution in [2.45, 2.75) is 45.7 Å². The molecule has 1 amide bonds. The lowest BCUT2D eigenvalue weighted by Crippen LogP contribution is -2.29. The smallest absolute Gasteiger partial charge is 0.356 e. The maximum Gasteiger partial charge on any atom is 0.390 e. The zero-order chi connectivity index (χ0) is 13.5. The van der Waals surface area contributed by atoms with Gasteiger partial charge in [-0.2, -0.15) is 13.2 Å². The van der Waals surface area contributed by atoms with E-state index in [1.54, 1.807) is 0 Å². The van der Waals surface area contributed by atoms with Crippen LogP contribution in [-0.2, 0) is 4.79 Å². The van der Waals surface area contributed by atoms with E-state index in [9.17, 15) is 18.0 Å². The molecule has 0 aliphatic carbocycles. The predicted octanol–water partition coefficient (Wildman–Crippen LogP) is 2.21. The summed E-state index contributed by atoms with van der Waals surface area (Å²) in [7, 11) is 0. The molecule has 0 bridgehead atoms. The molecule has 0 unspecified atom stereocenters. The maximum absolute atomic E-state index is 11.8. The number of carbonyl (C=O) groups is 1. The summed E-state index contributed by atoms with van der Waals surface area (Å²) < 4.78 is 35.4. The number of alkyl halides is 3. The van der Waals surface area contributed by atoms with Gasteiger partial charge in [-0.3, -0.25) is 4.79 Å². The molecule has 102 valence electrons. The van der Waals surface area contributed by atoms with Gasteiger partial charge in [-0.25, -0.2) is 0 Å². The average molecular weight is 254 g/mol. The summed E-state index contributed by atoms with van der Waals surface area (Å²) in [6, 6.07) is 0. The van der Waals surface area contributed by atoms with Gasteiger partial charge in [0, 0.05) is 13.0 Å². The fourth-order valence-electron chi connectivity index (χ4n) is 1.40. The second-order valence-corrected chi connectivity index (χ2v) is 4.92. The lowest BCUT2D eigenvalue weighted by molar-refractivity contribution is -0.135. The molecule has 0 aromatic carbocycles. The Morgan fingerprint density at radius 2 is 1.76 bits per heavy atom. The van der Waals surface area contributed by atoms with Crippen molar-refractivity contribution in [1.29, 1.82) is 0 Å². The van der Waals surface area contributed by atoms with Crippen LogP contribution in [0, 0.1) is 5.41 Å². The molecule has 0 aliphatic rings. The molecule has 0 spiro atoms. The molecule has 0 aliphatic heterocycles. The van der Waals surface area contributed by atoms with Gasteiger partial charge < -0.3 is 11.1 Å². The van der Waals surface area contributed by atoms with Gasteiger partial charge in [0.15, 0.2) is 0 Å². The predicted molar refractivity (Wildman–Crippen MR) is 60.4 cm³/mol. The van der Waals surface area contributed by atoms with Crippen LogP contribution < -0.4 is 11.1 Å². The molecular formula is C11H21F3N2O. The van der Waals surface area contributed by atoms with Crippen LogP contribution in [-0.4, -0.2) is 25.2 Å². The van der Waals surface area contributed by atoms with Crippen LogP contribution in [0.25, 0.3) is 0 Å². The standard InChI is InChI=1S/C11H21F3N2O/c1-10(2,5-7-15)4-3-9(17)16-8-6-11(12,13)14/h3-8,15H2,1-2H3,(H,16,17). The SMILES string of the molecule is CC(C)(CCN)CCC(=O)NCCC(F)(F)F. The number of carbonyl (C=O) groups excluding carboxylic acids is 1. The Balaban J connectivity index is 3.73. The van der Waals surface area contributed by atoms with Crippen molar-refractivity contribution in [3.05, 3.63) is 0 Å². The molecule has 0 radical (unpaired) electrons. The van der Waals surface area contributed by atoms with Crippen molar-refractivity contribution in [1.82, 2.24) is 5.32 Å². The first kappa shape index (κ1) is 16.2. The summed E-state index contributed by atoms with van der Waals surface area (Å²) in [5, 5.41) is 2.26. The second kappa shape index (κ2) is 6.83. The number of amides is 1. The van der Waals surface area contributed by atoms with E-state index in [1.165, 1.54) is 0 Å². The third kappa shape index (κ3) is 10.1. The van der Waals surface area contributed by atoms with E-state index in [0.717, 1.165) is 6.42 Å². The Hall–Kier alpha value is -0.780. The Kier molecular flexibility index (Phi) is 6.52. The monoisotopic (exact) mass is 254 g/mol. The third-order valence-electron chi connectivity index (χ3n) is 2.58. The highest BCUT2D eigenvalue weighted by Gasteiger charge is 2.26.